The minimum atomic E-state index is -0.191. The van der Waals surface area contributed by atoms with Crippen LogP contribution in [0.4, 0.5) is 0 Å². The maximum atomic E-state index is 12.1. The van der Waals surface area contributed by atoms with E-state index in [0.717, 1.165) is 17.0 Å². The van der Waals surface area contributed by atoms with Gasteiger partial charge in [0, 0.05) is 28.4 Å². The predicted molar refractivity (Wildman–Crippen MR) is 76.3 cm³/mol. The summed E-state index contributed by atoms with van der Waals surface area (Å²) in [4.78, 5) is 23.7. The van der Waals surface area contributed by atoms with E-state index in [1.807, 2.05) is 39.8 Å². The Labute approximate surface area is 112 Å². The van der Waals surface area contributed by atoms with Gasteiger partial charge in [0.15, 0.2) is 0 Å². The fraction of sp³-hybridized carbons (Fsp3) is 0.400. The van der Waals surface area contributed by atoms with Gasteiger partial charge in [0.1, 0.15) is 5.82 Å². The number of aromatic nitrogens is 3. The van der Waals surface area contributed by atoms with E-state index in [4.69, 9.17) is 0 Å². The zero-order valence-electron chi connectivity index (χ0n) is 12.0. The summed E-state index contributed by atoms with van der Waals surface area (Å²) in [5.74, 6) is 0.701. The van der Waals surface area contributed by atoms with E-state index in [9.17, 15) is 4.79 Å². The van der Waals surface area contributed by atoms with Crippen molar-refractivity contribution in [1.29, 1.82) is 0 Å². The van der Waals surface area contributed by atoms with Crippen LogP contribution in [0.15, 0.2) is 23.1 Å². The third kappa shape index (κ3) is 2.72. The van der Waals surface area contributed by atoms with Crippen molar-refractivity contribution < 1.29 is 0 Å². The molecule has 2 heterocycles. The minimum Gasteiger partial charge on any atom is -0.310 e. The van der Waals surface area contributed by atoms with Crippen molar-refractivity contribution in [3.8, 4) is 11.3 Å². The van der Waals surface area contributed by atoms with Crippen molar-refractivity contribution in [2.24, 2.45) is 0 Å². The Bertz CT molecular complexity index is 666. The molecule has 4 heteroatoms. The van der Waals surface area contributed by atoms with Gasteiger partial charge in [-0.05, 0) is 26.0 Å². The second kappa shape index (κ2) is 4.61. The van der Waals surface area contributed by atoms with E-state index >= 15 is 0 Å². The number of hydrogen-bond acceptors (Lipinski definition) is 3. The summed E-state index contributed by atoms with van der Waals surface area (Å²) in [6, 6.07) is 3.83. The molecule has 0 fully saturated rings. The van der Waals surface area contributed by atoms with Crippen molar-refractivity contribution in [2.75, 3.05) is 0 Å². The third-order valence-electron chi connectivity index (χ3n) is 3.03. The van der Waals surface area contributed by atoms with Crippen LogP contribution in [0.2, 0.25) is 0 Å². The van der Waals surface area contributed by atoms with Crippen LogP contribution in [0, 0.1) is 13.8 Å². The molecule has 0 atom stereocenters. The molecule has 0 saturated carbocycles. The molecule has 0 spiro atoms. The van der Waals surface area contributed by atoms with Gasteiger partial charge in [-0.1, -0.05) is 20.8 Å². The van der Waals surface area contributed by atoms with Crippen LogP contribution < -0.4 is 5.56 Å². The average molecular weight is 257 g/mol. The summed E-state index contributed by atoms with van der Waals surface area (Å²) in [6.07, 6.45) is 1.74. The fourth-order valence-corrected chi connectivity index (χ4v) is 1.86. The standard InChI is InChI=1S/C15H19N3O/c1-9-8-11(6-7-16-9)12-10(2)13(19)18-14(17-12)15(3,4)5/h6-8H,1-5H3,(H,17,18,19). The number of nitrogens with one attached hydrogen (secondary N) is 1. The highest BCUT2D eigenvalue weighted by atomic mass is 16.1. The van der Waals surface area contributed by atoms with E-state index in [1.54, 1.807) is 13.1 Å². The first-order chi connectivity index (χ1) is 8.79. The van der Waals surface area contributed by atoms with Gasteiger partial charge in [0.25, 0.3) is 5.56 Å². The first kappa shape index (κ1) is 13.5. The van der Waals surface area contributed by atoms with Gasteiger partial charge >= 0.3 is 0 Å². The van der Waals surface area contributed by atoms with E-state index in [1.165, 1.54) is 0 Å². The summed E-state index contributed by atoms with van der Waals surface area (Å²) >= 11 is 0. The van der Waals surface area contributed by atoms with E-state index in [-0.39, 0.29) is 11.0 Å². The molecular weight excluding hydrogens is 238 g/mol. The zero-order valence-corrected chi connectivity index (χ0v) is 12.0. The summed E-state index contributed by atoms with van der Waals surface area (Å²) in [6.45, 7) is 9.81. The Balaban J connectivity index is 2.70. The van der Waals surface area contributed by atoms with Crippen LogP contribution in [0.25, 0.3) is 11.3 Å². The van der Waals surface area contributed by atoms with Crippen molar-refractivity contribution in [3.63, 3.8) is 0 Å². The van der Waals surface area contributed by atoms with Crippen LogP contribution in [0.3, 0.4) is 0 Å². The molecule has 0 unspecified atom stereocenters. The van der Waals surface area contributed by atoms with Gasteiger partial charge in [0.2, 0.25) is 0 Å². The second-order valence-corrected chi connectivity index (χ2v) is 5.82. The molecule has 0 aliphatic carbocycles. The molecule has 0 radical (unpaired) electrons. The van der Waals surface area contributed by atoms with E-state index < -0.39 is 0 Å². The second-order valence-electron chi connectivity index (χ2n) is 5.82. The van der Waals surface area contributed by atoms with Crippen LogP contribution in [0.5, 0.6) is 0 Å². The summed E-state index contributed by atoms with van der Waals surface area (Å²) in [5, 5.41) is 0. The quantitative estimate of drug-likeness (QED) is 0.854. The SMILES string of the molecule is Cc1cc(-c2nc(C(C)(C)C)[nH]c(=O)c2C)ccn1. The van der Waals surface area contributed by atoms with E-state index in [2.05, 4.69) is 15.0 Å². The van der Waals surface area contributed by atoms with Gasteiger partial charge in [-0.15, -0.1) is 0 Å². The average Bonchev–Trinajstić information content (AvgIpc) is 2.31. The first-order valence-electron chi connectivity index (χ1n) is 6.33. The molecule has 100 valence electrons. The molecule has 0 saturated heterocycles. The lowest BCUT2D eigenvalue weighted by atomic mass is 9.95. The molecule has 1 N–H and O–H groups in total. The Morgan fingerprint density at radius 1 is 1.21 bits per heavy atom. The lowest BCUT2D eigenvalue weighted by Gasteiger charge is -2.18. The summed E-state index contributed by atoms with van der Waals surface area (Å²) in [5.41, 5.74) is 2.95. The molecule has 0 amide bonds. The molecular formula is C15H19N3O. The largest absolute Gasteiger partial charge is 0.310 e. The maximum Gasteiger partial charge on any atom is 0.254 e. The molecule has 2 aromatic rings. The monoisotopic (exact) mass is 257 g/mol. The Hall–Kier alpha value is -1.97. The van der Waals surface area contributed by atoms with Crippen molar-refractivity contribution in [2.45, 2.75) is 40.0 Å². The molecule has 0 bridgehead atoms. The van der Waals surface area contributed by atoms with Crippen molar-refractivity contribution in [1.82, 2.24) is 15.0 Å². The van der Waals surface area contributed by atoms with Gasteiger partial charge in [-0.25, -0.2) is 4.98 Å². The maximum absolute atomic E-state index is 12.1. The highest BCUT2D eigenvalue weighted by molar-refractivity contribution is 5.62. The van der Waals surface area contributed by atoms with Crippen LogP contribution in [0.1, 0.15) is 37.9 Å². The summed E-state index contributed by atoms with van der Waals surface area (Å²) in [7, 11) is 0. The van der Waals surface area contributed by atoms with Gasteiger partial charge in [-0.2, -0.15) is 0 Å². The van der Waals surface area contributed by atoms with Crippen molar-refractivity contribution in [3.05, 3.63) is 45.8 Å². The third-order valence-corrected chi connectivity index (χ3v) is 3.03. The van der Waals surface area contributed by atoms with Gasteiger partial charge in [0.05, 0.1) is 5.69 Å². The number of pyridine rings is 1. The molecule has 19 heavy (non-hydrogen) atoms. The topological polar surface area (TPSA) is 58.6 Å². The predicted octanol–water partition coefficient (Wildman–Crippen LogP) is 2.75. The smallest absolute Gasteiger partial charge is 0.254 e. The number of rotatable bonds is 1. The van der Waals surface area contributed by atoms with E-state index in [0.29, 0.717) is 11.4 Å². The molecule has 0 aromatic carbocycles. The molecule has 2 aromatic heterocycles. The number of hydrogen-bond donors (Lipinski definition) is 1. The first-order valence-corrected chi connectivity index (χ1v) is 6.33. The number of H-pyrrole nitrogens is 1. The Morgan fingerprint density at radius 2 is 1.89 bits per heavy atom. The molecule has 0 aliphatic heterocycles. The Morgan fingerprint density at radius 3 is 2.47 bits per heavy atom. The van der Waals surface area contributed by atoms with Crippen LogP contribution >= 0.6 is 0 Å². The summed E-state index contributed by atoms with van der Waals surface area (Å²) < 4.78 is 0. The lowest BCUT2D eigenvalue weighted by Crippen LogP contribution is -2.24. The number of aryl methyl sites for hydroxylation is 1. The normalized spacial score (nSPS) is 11.6. The van der Waals surface area contributed by atoms with Gasteiger partial charge in [-0.3, -0.25) is 9.78 Å². The van der Waals surface area contributed by atoms with Crippen LogP contribution in [-0.2, 0) is 5.41 Å². The zero-order chi connectivity index (χ0) is 14.2. The lowest BCUT2D eigenvalue weighted by molar-refractivity contribution is 0.542. The van der Waals surface area contributed by atoms with Crippen molar-refractivity contribution >= 4 is 0 Å². The highest BCUT2D eigenvalue weighted by Gasteiger charge is 2.19. The fourth-order valence-electron chi connectivity index (χ4n) is 1.86. The van der Waals surface area contributed by atoms with Gasteiger partial charge < -0.3 is 4.98 Å². The molecule has 4 nitrogen and oxygen atoms in total. The molecule has 2 rings (SSSR count). The highest BCUT2D eigenvalue weighted by Crippen LogP contribution is 2.23. The molecule has 0 aliphatic rings. The Kier molecular flexibility index (Phi) is 3.27. The number of nitrogens with zero attached hydrogens (tertiary/aromatic N) is 2. The number of aromatic amines is 1. The minimum absolute atomic E-state index is 0.0793. The van der Waals surface area contributed by atoms with Crippen LogP contribution in [-0.4, -0.2) is 15.0 Å².